The molecule has 2 nitrogen and oxygen atoms in total. The zero-order chi connectivity index (χ0) is 21.9. The molecule has 0 saturated carbocycles. The first kappa shape index (κ1) is 19.9. The Kier molecular flexibility index (Phi) is 5.35. The van der Waals surface area contributed by atoms with Crippen LogP contribution in [-0.2, 0) is 0 Å². The predicted molar refractivity (Wildman–Crippen MR) is 133 cm³/mol. The summed E-state index contributed by atoms with van der Waals surface area (Å²) in [5.74, 6) is 0. The van der Waals surface area contributed by atoms with E-state index in [1.54, 1.807) is 0 Å². The topological polar surface area (TPSA) is 25.8 Å². The Morgan fingerprint density at radius 2 is 0.812 bits per heavy atom. The lowest BCUT2D eigenvalue weighted by molar-refractivity contribution is 1.31. The van der Waals surface area contributed by atoms with Crippen molar-refractivity contribution in [3.8, 4) is 44.8 Å². The van der Waals surface area contributed by atoms with Crippen molar-refractivity contribution in [2.45, 2.75) is 13.8 Å². The van der Waals surface area contributed by atoms with Crippen molar-refractivity contribution in [3.63, 3.8) is 0 Å². The number of rotatable bonds is 4. The van der Waals surface area contributed by atoms with Gasteiger partial charge in [-0.05, 0) is 83.6 Å². The Hall–Kier alpha value is -4.04. The molecular formula is C30H24N2. The van der Waals surface area contributed by atoms with Gasteiger partial charge in [-0.1, -0.05) is 60.7 Å². The molecule has 0 atom stereocenters. The van der Waals surface area contributed by atoms with E-state index in [0.717, 1.165) is 22.5 Å². The van der Waals surface area contributed by atoms with Crippen LogP contribution >= 0.6 is 0 Å². The van der Waals surface area contributed by atoms with Crippen molar-refractivity contribution in [2.24, 2.45) is 0 Å². The fourth-order valence-electron chi connectivity index (χ4n) is 4.26. The maximum absolute atomic E-state index is 4.71. The summed E-state index contributed by atoms with van der Waals surface area (Å²) < 4.78 is 0. The molecule has 0 N–H and O–H groups in total. The Morgan fingerprint density at radius 1 is 0.406 bits per heavy atom. The summed E-state index contributed by atoms with van der Waals surface area (Å²) in [6, 6.07) is 33.8. The molecule has 32 heavy (non-hydrogen) atoms. The van der Waals surface area contributed by atoms with E-state index < -0.39 is 0 Å². The smallest absolute Gasteiger partial charge is 0.0708 e. The van der Waals surface area contributed by atoms with Gasteiger partial charge in [-0.25, -0.2) is 0 Å². The number of aromatic nitrogens is 2. The van der Waals surface area contributed by atoms with Gasteiger partial charge in [0.05, 0.1) is 11.4 Å². The molecule has 2 heteroatoms. The maximum atomic E-state index is 4.71. The van der Waals surface area contributed by atoms with Crippen LogP contribution in [0.4, 0.5) is 0 Å². The third-order valence-corrected chi connectivity index (χ3v) is 5.91. The third kappa shape index (κ3) is 3.72. The lowest BCUT2D eigenvalue weighted by Gasteiger charge is -2.19. The highest BCUT2D eigenvalue weighted by Gasteiger charge is 2.18. The molecule has 0 aliphatic rings. The summed E-state index contributed by atoms with van der Waals surface area (Å²) in [5.41, 5.74) is 11.4. The Bertz CT molecular complexity index is 1260. The second kappa shape index (κ2) is 8.60. The van der Waals surface area contributed by atoms with E-state index in [0.29, 0.717) is 0 Å². The summed E-state index contributed by atoms with van der Waals surface area (Å²) in [4.78, 5) is 9.42. The first-order valence-corrected chi connectivity index (χ1v) is 10.9. The first-order chi connectivity index (χ1) is 15.7. The van der Waals surface area contributed by atoms with Gasteiger partial charge < -0.3 is 0 Å². The largest absolute Gasteiger partial charge is 0.256 e. The molecule has 0 radical (unpaired) electrons. The van der Waals surface area contributed by atoms with E-state index >= 15 is 0 Å². The number of hydrogen-bond donors (Lipinski definition) is 0. The van der Waals surface area contributed by atoms with Gasteiger partial charge >= 0.3 is 0 Å². The number of hydrogen-bond acceptors (Lipinski definition) is 2. The zero-order valence-electron chi connectivity index (χ0n) is 18.3. The lowest BCUT2D eigenvalue weighted by atomic mass is 9.86. The van der Waals surface area contributed by atoms with Crippen LogP contribution in [0.3, 0.4) is 0 Å². The molecule has 0 unspecified atom stereocenters. The van der Waals surface area contributed by atoms with Crippen molar-refractivity contribution in [1.82, 2.24) is 9.97 Å². The van der Waals surface area contributed by atoms with Crippen LogP contribution in [0.1, 0.15) is 11.1 Å². The molecule has 2 heterocycles. The quantitative estimate of drug-likeness (QED) is 0.301. The van der Waals surface area contributed by atoms with Gasteiger partial charge in [0.2, 0.25) is 0 Å². The zero-order valence-corrected chi connectivity index (χ0v) is 18.3. The highest BCUT2D eigenvalue weighted by atomic mass is 14.7. The van der Waals surface area contributed by atoms with Crippen LogP contribution in [-0.4, -0.2) is 9.97 Å². The van der Waals surface area contributed by atoms with Gasteiger partial charge in [-0.15, -0.1) is 0 Å². The van der Waals surface area contributed by atoms with Crippen LogP contribution in [0.2, 0.25) is 0 Å². The number of pyridine rings is 2. The van der Waals surface area contributed by atoms with E-state index in [1.165, 1.54) is 33.4 Å². The van der Waals surface area contributed by atoms with Gasteiger partial charge in [0.1, 0.15) is 0 Å². The van der Waals surface area contributed by atoms with Crippen molar-refractivity contribution in [3.05, 3.63) is 121 Å². The monoisotopic (exact) mass is 412 g/mol. The van der Waals surface area contributed by atoms with Crippen molar-refractivity contribution in [1.29, 1.82) is 0 Å². The first-order valence-electron chi connectivity index (χ1n) is 10.9. The van der Waals surface area contributed by atoms with Gasteiger partial charge in [0.25, 0.3) is 0 Å². The Morgan fingerprint density at radius 3 is 1.19 bits per heavy atom. The second-order valence-electron chi connectivity index (χ2n) is 8.00. The summed E-state index contributed by atoms with van der Waals surface area (Å²) in [7, 11) is 0. The van der Waals surface area contributed by atoms with Crippen molar-refractivity contribution in [2.75, 3.05) is 0 Å². The molecule has 0 saturated heterocycles. The minimum atomic E-state index is 0.966. The number of aryl methyl sites for hydroxylation is 2. The molecular weight excluding hydrogens is 388 g/mol. The van der Waals surface area contributed by atoms with Crippen LogP contribution < -0.4 is 0 Å². The molecule has 0 amide bonds. The van der Waals surface area contributed by atoms with Crippen molar-refractivity contribution >= 4 is 0 Å². The predicted octanol–water partition coefficient (Wildman–Crippen LogP) is 7.76. The molecule has 0 aliphatic carbocycles. The molecule has 154 valence electrons. The van der Waals surface area contributed by atoms with E-state index in [1.807, 2.05) is 36.7 Å². The van der Waals surface area contributed by atoms with E-state index in [9.17, 15) is 0 Å². The third-order valence-electron chi connectivity index (χ3n) is 5.91. The van der Waals surface area contributed by atoms with Crippen LogP contribution in [0.5, 0.6) is 0 Å². The molecule has 2 aromatic heterocycles. The van der Waals surface area contributed by atoms with Gasteiger partial charge in [-0.2, -0.15) is 0 Å². The van der Waals surface area contributed by atoms with Gasteiger partial charge in [0.15, 0.2) is 0 Å². The van der Waals surface area contributed by atoms with E-state index in [4.69, 9.17) is 9.97 Å². The average Bonchev–Trinajstić information content (AvgIpc) is 2.85. The molecule has 5 aromatic rings. The van der Waals surface area contributed by atoms with E-state index in [2.05, 4.69) is 86.6 Å². The van der Waals surface area contributed by atoms with Gasteiger partial charge in [0, 0.05) is 23.5 Å². The van der Waals surface area contributed by atoms with Crippen LogP contribution in [0.15, 0.2) is 109 Å². The highest BCUT2D eigenvalue weighted by molar-refractivity contribution is 5.94. The van der Waals surface area contributed by atoms with Crippen molar-refractivity contribution < 1.29 is 0 Å². The molecule has 0 aliphatic heterocycles. The number of nitrogens with zero attached hydrogens (tertiary/aromatic N) is 2. The molecule has 3 aromatic carbocycles. The second-order valence-corrected chi connectivity index (χ2v) is 8.00. The summed E-state index contributed by atoms with van der Waals surface area (Å²) in [6.45, 7) is 4.32. The highest BCUT2D eigenvalue weighted by Crippen LogP contribution is 2.42. The SMILES string of the molecule is Cc1ccccc1-c1cc(-c2ccccn2)c(-c2ccccc2C)cc1-c1ccccn1. The number of benzene rings is 3. The normalized spacial score (nSPS) is 10.8. The molecule has 0 spiro atoms. The molecule has 5 rings (SSSR count). The Balaban J connectivity index is 1.89. The molecule has 0 fully saturated rings. The summed E-state index contributed by atoms with van der Waals surface area (Å²) in [6.07, 6.45) is 3.72. The lowest BCUT2D eigenvalue weighted by Crippen LogP contribution is -1.96. The summed E-state index contributed by atoms with van der Waals surface area (Å²) >= 11 is 0. The fraction of sp³-hybridized carbons (Fsp3) is 0.0667. The fourth-order valence-corrected chi connectivity index (χ4v) is 4.26. The average molecular weight is 413 g/mol. The van der Waals surface area contributed by atoms with E-state index in [-0.39, 0.29) is 0 Å². The summed E-state index contributed by atoms with van der Waals surface area (Å²) in [5, 5.41) is 0. The minimum absolute atomic E-state index is 0.966. The Labute approximate surface area is 189 Å². The molecule has 0 bridgehead atoms. The van der Waals surface area contributed by atoms with Crippen LogP contribution in [0, 0.1) is 13.8 Å². The van der Waals surface area contributed by atoms with Gasteiger partial charge in [-0.3, -0.25) is 9.97 Å². The van der Waals surface area contributed by atoms with Crippen LogP contribution in [0.25, 0.3) is 44.8 Å². The maximum Gasteiger partial charge on any atom is 0.0708 e. The minimum Gasteiger partial charge on any atom is -0.256 e. The standard InChI is InChI=1S/C30H24N2/c1-21-11-3-5-13-23(21)25-19-28(30-16-8-10-18-32-30)26(24-14-6-4-12-22(24)2)20-27(25)29-15-7-9-17-31-29/h3-20H,1-2H3.